The summed E-state index contributed by atoms with van der Waals surface area (Å²) in [5.41, 5.74) is 7.12. The lowest BCUT2D eigenvalue weighted by atomic mass is 10.2. The van der Waals surface area contributed by atoms with Crippen molar-refractivity contribution >= 4 is 27.8 Å². The highest BCUT2D eigenvalue weighted by atomic mass is 16.5. The number of methoxy groups -OCH3 is 1. The molecule has 96 valence electrons. The number of benzene rings is 2. The van der Waals surface area contributed by atoms with E-state index in [1.54, 1.807) is 18.2 Å². The van der Waals surface area contributed by atoms with E-state index in [0.29, 0.717) is 20.9 Å². The second-order valence-electron chi connectivity index (χ2n) is 4.19. The molecule has 6 nitrogen and oxygen atoms in total. The topological polar surface area (TPSA) is 89.1 Å². The minimum absolute atomic E-state index is 0.243. The number of rotatable bonds is 1. The van der Waals surface area contributed by atoms with Gasteiger partial charge in [0.15, 0.2) is 0 Å². The molecule has 1 aromatic heterocycles. The Hall–Kier alpha value is -2.76. The Kier molecular flexibility index (Phi) is 2.31. The van der Waals surface area contributed by atoms with Crippen molar-refractivity contribution in [3.63, 3.8) is 0 Å². The first-order chi connectivity index (χ1) is 9.11. The molecule has 0 aliphatic heterocycles. The Morgan fingerprint density at radius 1 is 0.895 bits per heavy atom. The van der Waals surface area contributed by atoms with Crippen molar-refractivity contribution in [2.75, 3.05) is 12.8 Å². The van der Waals surface area contributed by atoms with Crippen LogP contribution in [0.5, 0.6) is 5.75 Å². The predicted octanol–water partition coefficient (Wildman–Crippen LogP) is 0.851. The summed E-state index contributed by atoms with van der Waals surface area (Å²) in [5.74, 6) is 0.520. The van der Waals surface area contributed by atoms with Gasteiger partial charge >= 0.3 is 0 Å². The van der Waals surface area contributed by atoms with E-state index in [4.69, 9.17) is 10.5 Å². The Labute approximate surface area is 108 Å². The molecule has 0 bridgehead atoms. The van der Waals surface area contributed by atoms with Crippen molar-refractivity contribution in [3.05, 3.63) is 46.8 Å². The molecule has 19 heavy (non-hydrogen) atoms. The highest BCUT2D eigenvalue weighted by Crippen LogP contribution is 2.19. The van der Waals surface area contributed by atoms with Crippen LogP contribution in [0, 0.1) is 10.4 Å². The Morgan fingerprint density at radius 3 is 2.11 bits per heavy atom. The summed E-state index contributed by atoms with van der Waals surface area (Å²) in [6.07, 6.45) is 0. The van der Waals surface area contributed by atoms with Gasteiger partial charge in [0.2, 0.25) is 0 Å². The van der Waals surface area contributed by atoms with Crippen molar-refractivity contribution in [2.24, 2.45) is 0 Å². The first-order valence-electron chi connectivity index (χ1n) is 5.64. The monoisotopic (exact) mass is 257 g/mol. The normalized spacial score (nSPS) is 11.0. The molecular weight excluding hydrogens is 246 g/mol. The van der Waals surface area contributed by atoms with E-state index < -0.39 is 0 Å². The summed E-state index contributed by atoms with van der Waals surface area (Å²) >= 11 is 0. The minimum atomic E-state index is 0.243. The van der Waals surface area contributed by atoms with Gasteiger partial charge < -0.3 is 20.9 Å². The maximum absolute atomic E-state index is 12.3. The van der Waals surface area contributed by atoms with Gasteiger partial charge in [0.25, 0.3) is 22.1 Å². The molecular formula is C13H11N3O3. The highest BCUT2D eigenvalue weighted by Gasteiger charge is 2.21. The van der Waals surface area contributed by atoms with Gasteiger partial charge in [0.1, 0.15) is 5.75 Å². The molecule has 2 aromatic carbocycles. The number of hydrogen-bond donors (Lipinski definition) is 1. The molecule has 0 amide bonds. The predicted molar refractivity (Wildman–Crippen MR) is 70.3 cm³/mol. The van der Waals surface area contributed by atoms with Gasteiger partial charge in [-0.3, -0.25) is 0 Å². The van der Waals surface area contributed by atoms with Crippen molar-refractivity contribution in [1.82, 2.24) is 0 Å². The molecule has 0 aliphatic carbocycles. The maximum atomic E-state index is 12.3. The van der Waals surface area contributed by atoms with Gasteiger partial charge in [-0.05, 0) is 12.1 Å². The zero-order chi connectivity index (χ0) is 13.6. The average molecular weight is 257 g/mol. The lowest BCUT2D eigenvalue weighted by Crippen LogP contribution is -2.39. The van der Waals surface area contributed by atoms with E-state index in [0.717, 1.165) is 0 Å². The fraction of sp³-hybridized carbons (Fsp3) is 0.0769. The van der Waals surface area contributed by atoms with Crippen LogP contribution in [0.1, 0.15) is 0 Å². The lowest BCUT2D eigenvalue weighted by molar-refractivity contribution is -0.591. The number of anilines is 1. The van der Waals surface area contributed by atoms with E-state index in [-0.39, 0.29) is 22.1 Å². The fourth-order valence-corrected chi connectivity index (χ4v) is 2.10. The average Bonchev–Trinajstić information content (AvgIpc) is 2.44. The second kappa shape index (κ2) is 3.88. The fourth-order valence-electron chi connectivity index (χ4n) is 2.10. The van der Waals surface area contributed by atoms with Crippen molar-refractivity contribution < 1.29 is 14.2 Å². The van der Waals surface area contributed by atoms with Gasteiger partial charge in [0.05, 0.1) is 13.2 Å². The number of nitrogens with zero attached hydrogens (tertiary/aromatic N) is 2. The van der Waals surface area contributed by atoms with Crippen LogP contribution in [0.4, 0.5) is 5.69 Å². The van der Waals surface area contributed by atoms with Crippen LogP contribution in [-0.4, -0.2) is 7.11 Å². The number of ether oxygens (including phenoxy) is 1. The summed E-state index contributed by atoms with van der Waals surface area (Å²) in [5, 5.41) is 24.5. The molecule has 3 aromatic rings. The van der Waals surface area contributed by atoms with Crippen LogP contribution in [0.3, 0.4) is 0 Å². The molecule has 0 atom stereocenters. The van der Waals surface area contributed by atoms with Crippen LogP contribution in [0.15, 0.2) is 36.4 Å². The quantitative estimate of drug-likeness (QED) is 0.303. The van der Waals surface area contributed by atoms with Gasteiger partial charge in [0, 0.05) is 23.9 Å². The third-order valence-corrected chi connectivity index (χ3v) is 3.06. The molecule has 0 saturated carbocycles. The third kappa shape index (κ3) is 1.57. The summed E-state index contributed by atoms with van der Waals surface area (Å²) in [6, 6.07) is 9.33. The van der Waals surface area contributed by atoms with Gasteiger partial charge in [-0.1, -0.05) is 0 Å². The van der Waals surface area contributed by atoms with Crippen LogP contribution < -0.4 is 19.9 Å². The number of nitrogens with two attached hydrogens (primary N) is 1. The largest absolute Gasteiger partial charge is 0.617 e. The van der Waals surface area contributed by atoms with E-state index in [9.17, 15) is 10.4 Å². The van der Waals surface area contributed by atoms with Crippen molar-refractivity contribution in [3.8, 4) is 5.75 Å². The maximum Gasteiger partial charge on any atom is 0.294 e. The molecule has 3 rings (SSSR count). The lowest BCUT2D eigenvalue weighted by Gasteiger charge is -2.08. The molecule has 0 saturated heterocycles. The third-order valence-electron chi connectivity index (χ3n) is 3.06. The Bertz CT molecular complexity index is 802. The Balaban J connectivity index is 2.52. The standard InChI is InChI=1S/C13H11N3O3/c1-19-9-3-5-11-13(7-9)16(18)10-4-2-8(14)6-12(10)15(11)17/h2-7H,14H2,1H3. The molecule has 2 N–H and O–H groups in total. The number of hydrogen-bond acceptors (Lipinski definition) is 4. The smallest absolute Gasteiger partial charge is 0.294 e. The van der Waals surface area contributed by atoms with E-state index in [2.05, 4.69) is 0 Å². The van der Waals surface area contributed by atoms with Crippen molar-refractivity contribution in [1.29, 1.82) is 0 Å². The van der Waals surface area contributed by atoms with Gasteiger partial charge in [-0.25, -0.2) is 0 Å². The first-order valence-corrected chi connectivity index (χ1v) is 5.64. The minimum Gasteiger partial charge on any atom is -0.617 e. The van der Waals surface area contributed by atoms with Gasteiger partial charge in [-0.2, -0.15) is 9.46 Å². The zero-order valence-corrected chi connectivity index (χ0v) is 10.2. The molecule has 0 spiro atoms. The van der Waals surface area contributed by atoms with Crippen LogP contribution in [0.2, 0.25) is 0 Å². The summed E-state index contributed by atoms with van der Waals surface area (Å²) in [7, 11) is 1.50. The molecule has 1 heterocycles. The summed E-state index contributed by atoms with van der Waals surface area (Å²) in [4.78, 5) is 0. The molecule has 0 aliphatic rings. The Morgan fingerprint density at radius 2 is 1.47 bits per heavy atom. The number of nitrogen functional groups attached to an aromatic ring is 1. The van der Waals surface area contributed by atoms with Gasteiger partial charge in [-0.15, -0.1) is 0 Å². The van der Waals surface area contributed by atoms with Crippen molar-refractivity contribution in [2.45, 2.75) is 0 Å². The van der Waals surface area contributed by atoms with E-state index in [1.165, 1.54) is 25.3 Å². The highest BCUT2D eigenvalue weighted by molar-refractivity contribution is 5.79. The van der Waals surface area contributed by atoms with Crippen LogP contribution in [-0.2, 0) is 0 Å². The number of aromatic nitrogens is 2. The summed E-state index contributed by atoms with van der Waals surface area (Å²) < 4.78 is 6.48. The van der Waals surface area contributed by atoms with E-state index in [1.807, 2.05) is 0 Å². The summed E-state index contributed by atoms with van der Waals surface area (Å²) in [6.45, 7) is 0. The zero-order valence-electron chi connectivity index (χ0n) is 10.2. The molecule has 0 fully saturated rings. The number of fused-ring (bicyclic) bond motifs is 2. The van der Waals surface area contributed by atoms with Crippen LogP contribution >= 0.6 is 0 Å². The second-order valence-corrected chi connectivity index (χ2v) is 4.19. The van der Waals surface area contributed by atoms with E-state index >= 15 is 0 Å². The SMILES string of the molecule is COc1ccc2c(c1)[n+]([O-])c1ccc(N)cc1[n+]2[O-]. The molecule has 0 unspecified atom stereocenters. The van der Waals surface area contributed by atoms with Crippen LogP contribution in [0.25, 0.3) is 22.1 Å². The molecule has 0 radical (unpaired) electrons. The molecule has 6 heteroatoms. The first kappa shape index (κ1) is 11.3.